The van der Waals surface area contributed by atoms with Crippen molar-refractivity contribution in [3.8, 4) is 22.6 Å². The zero-order valence-electron chi connectivity index (χ0n) is 15.5. The lowest BCUT2D eigenvalue weighted by molar-refractivity contribution is -0.138. The number of aliphatic carboxylic acids is 1. The summed E-state index contributed by atoms with van der Waals surface area (Å²) in [6.45, 7) is 1.68. The molecule has 0 aliphatic carbocycles. The lowest BCUT2D eigenvalue weighted by Crippen LogP contribution is -2.06. The van der Waals surface area contributed by atoms with Crippen molar-refractivity contribution in [3.63, 3.8) is 0 Å². The quantitative estimate of drug-likeness (QED) is 0.438. The maximum absolute atomic E-state index is 11.2. The van der Waals surface area contributed by atoms with E-state index in [9.17, 15) is 9.90 Å². The molecule has 3 heteroatoms. The molecule has 1 unspecified atom stereocenters. The highest BCUT2D eigenvalue weighted by Gasteiger charge is 2.15. The van der Waals surface area contributed by atoms with Gasteiger partial charge in [-0.3, -0.25) is 4.79 Å². The van der Waals surface area contributed by atoms with E-state index in [0.29, 0.717) is 5.75 Å². The molecule has 0 amide bonds. The molecule has 0 radical (unpaired) electrons. The number of hydrogen-bond acceptors (Lipinski definition) is 2. The summed E-state index contributed by atoms with van der Waals surface area (Å²) in [6, 6.07) is 29.7. The topological polar surface area (TPSA) is 46.5 Å². The molecule has 28 heavy (non-hydrogen) atoms. The van der Waals surface area contributed by atoms with Crippen LogP contribution in [-0.2, 0) is 4.79 Å². The summed E-state index contributed by atoms with van der Waals surface area (Å²) in [7, 11) is 0. The predicted octanol–water partition coefficient (Wildman–Crippen LogP) is 6.49. The fourth-order valence-electron chi connectivity index (χ4n) is 3.28. The second kappa shape index (κ2) is 7.57. The minimum absolute atomic E-state index is 0.550. The Morgan fingerprint density at radius 2 is 1.50 bits per heavy atom. The Hall–Kier alpha value is -3.59. The molecule has 4 aromatic rings. The van der Waals surface area contributed by atoms with E-state index in [1.807, 2.05) is 42.5 Å². The van der Waals surface area contributed by atoms with E-state index in [1.165, 1.54) is 0 Å². The Morgan fingerprint density at radius 1 is 0.821 bits per heavy atom. The first-order chi connectivity index (χ1) is 13.6. The standard InChI is InChI=1S/C25H20O3/c1-17(25(26)27)18-11-14-21(15-12-18)28-24-22-10-6-5-9-20(22)13-16-23(24)19-7-3-2-4-8-19/h2-17H,1H3,(H,26,27). The molecular weight excluding hydrogens is 348 g/mol. The van der Waals surface area contributed by atoms with Crippen LogP contribution in [0.5, 0.6) is 11.5 Å². The van der Waals surface area contributed by atoms with Crippen LogP contribution < -0.4 is 4.74 Å². The minimum atomic E-state index is -0.839. The van der Waals surface area contributed by atoms with Gasteiger partial charge in [-0.1, -0.05) is 72.8 Å². The predicted molar refractivity (Wildman–Crippen MR) is 112 cm³/mol. The molecule has 4 aromatic carbocycles. The average Bonchev–Trinajstić information content (AvgIpc) is 2.74. The molecule has 0 saturated carbocycles. The molecule has 0 aliphatic heterocycles. The fourth-order valence-corrected chi connectivity index (χ4v) is 3.28. The summed E-state index contributed by atoms with van der Waals surface area (Å²) in [5.41, 5.74) is 2.85. The summed E-state index contributed by atoms with van der Waals surface area (Å²) >= 11 is 0. The molecule has 1 N–H and O–H groups in total. The van der Waals surface area contributed by atoms with E-state index < -0.39 is 11.9 Å². The first-order valence-electron chi connectivity index (χ1n) is 9.21. The minimum Gasteiger partial charge on any atom is -0.481 e. The maximum Gasteiger partial charge on any atom is 0.310 e. The van der Waals surface area contributed by atoms with Gasteiger partial charge in [0.2, 0.25) is 0 Å². The van der Waals surface area contributed by atoms with Crippen LogP contribution in [0.25, 0.3) is 21.9 Å². The monoisotopic (exact) mass is 368 g/mol. The number of benzene rings is 4. The van der Waals surface area contributed by atoms with Gasteiger partial charge in [0.25, 0.3) is 0 Å². The normalized spacial score (nSPS) is 11.9. The van der Waals surface area contributed by atoms with Crippen LogP contribution in [0.1, 0.15) is 18.4 Å². The molecule has 0 aliphatic rings. The molecule has 0 spiro atoms. The van der Waals surface area contributed by atoms with Crippen molar-refractivity contribution in [1.82, 2.24) is 0 Å². The van der Waals surface area contributed by atoms with Gasteiger partial charge in [-0.05, 0) is 41.6 Å². The summed E-state index contributed by atoms with van der Waals surface area (Å²) in [6.07, 6.45) is 0. The highest BCUT2D eigenvalue weighted by molar-refractivity contribution is 5.95. The maximum atomic E-state index is 11.2. The van der Waals surface area contributed by atoms with Gasteiger partial charge in [0.05, 0.1) is 5.92 Å². The third-order valence-corrected chi connectivity index (χ3v) is 4.93. The fraction of sp³-hybridized carbons (Fsp3) is 0.0800. The van der Waals surface area contributed by atoms with Crippen LogP contribution >= 0.6 is 0 Å². The number of hydrogen-bond donors (Lipinski definition) is 1. The van der Waals surface area contributed by atoms with Gasteiger partial charge in [0, 0.05) is 10.9 Å². The first kappa shape index (κ1) is 17.8. The zero-order valence-corrected chi connectivity index (χ0v) is 15.5. The third-order valence-electron chi connectivity index (χ3n) is 4.93. The van der Waals surface area contributed by atoms with Gasteiger partial charge in [-0.25, -0.2) is 0 Å². The molecule has 138 valence electrons. The molecule has 4 rings (SSSR count). The van der Waals surface area contributed by atoms with Crippen LogP contribution in [-0.4, -0.2) is 11.1 Å². The van der Waals surface area contributed by atoms with Crippen LogP contribution in [0.2, 0.25) is 0 Å². The lowest BCUT2D eigenvalue weighted by Gasteiger charge is -2.15. The second-order valence-corrected chi connectivity index (χ2v) is 6.76. The van der Waals surface area contributed by atoms with Gasteiger partial charge >= 0.3 is 5.97 Å². The van der Waals surface area contributed by atoms with E-state index in [1.54, 1.807) is 19.1 Å². The Labute approximate surface area is 163 Å². The largest absolute Gasteiger partial charge is 0.481 e. The number of carbonyl (C=O) groups is 1. The number of rotatable bonds is 5. The van der Waals surface area contributed by atoms with E-state index in [0.717, 1.165) is 33.2 Å². The van der Waals surface area contributed by atoms with E-state index in [2.05, 4.69) is 36.4 Å². The molecule has 0 aromatic heterocycles. The van der Waals surface area contributed by atoms with Crippen molar-refractivity contribution >= 4 is 16.7 Å². The number of carboxylic acid groups (broad SMARTS) is 1. The average molecular weight is 368 g/mol. The SMILES string of the molecule is CC(C(=O)O)c1ccc(Oc2c(-c3ccccc3)ccc3ccccc23)cc1. The van der Waals surface area contributed by atoms with Crippen LogP contribution in [0.4, 0.5) is 0 Å². The van der Waals surface area contributed by atoms with E-state index in [-0.39, 0.29) is 0 Å². The Morgan fingerprint density at radius 3 is 2.21 bits per heavy atom. The van der Waals surface area contributed by atoms with Crippen LogP contribution in [0.15, 0.2) is 91.0 Å². The molecular formula is C25H20O3. The van der Waals surface area contributed by atoms with Crippen molar-refractivity contribution in [2.75, 3.05) is 0 Å². The van der Waals surface area contributed by atoms with Gasteiger partial charge in [-0.15, -0.1) is 0 Å². The molecule has 0 heterocycles. The van der Waals surface area contributed by atoms with Crippen molar-refractivity contribution in [3.05, 3.63) is 96.6 Å². The lowest BCUT2D eigenvalue weighted by atomic mass is 9.99. The summed E-state index contributed by atoms with van der Waals surface area (Å²) in [5, 5.41) is 11.3. The zero-order chi connectivity index (χ0) is 19.5. The molecule has 0 saturated heterocycles. The smallest absolute Gasteiger partial charge is 0.310 e. The first-order valence-corrected chi connectivity index (χ1v) is 9.21. The van der Waals surface area contributed by atoms with Crippen molar-refractivity contribution in [2.24, 2.45) is 0 Å². The van der Waals surface area contributed by atoms with Gasteiger partial charge in [0.1, 0.15) is 11.5 Å². The van der Waals surface area contributed by atoms with Crippen LogP contribution in [0, 0.1) is 0 Å². The molecule has 0 fully saturated rings. The Balaban J connectivity index is 1.78. The molecule has 3 nitrogen and oxygen atoms in total. The van der Waals surface area contributed by atoms with Crippen molar-refractivity contribution < 1.29 is 14.6 Å². The molecule has 1 atom stereocenters. The van der Waals surface area contributed by atoms with E-state index in [4.69, 9.17) is 4.74 Å². The van der Waals surface area contributed by atoms with Gasteiger partial charge in [0.15, 0.2) is 0 Å². The Kier molecular flexibility index (Phi) is 4.81. The number of fused-ring (bicyclic) bond motifs is 1. The second-order valence-electron chi connectivity index (χ2n) is 6.76. The van der Waals surface area contributed by atoms with Crippen LogP contribution in [0.3, 0.4) is 0 Å². The van der Waals surface area contributed by atoms with E-state index >= 15 is 0 Å². The van der Waals surface area contributed by atoms with Crippen molar-refractivity contribution in [2.45, 2.75) is 12.8 Å². The number of ether oxygens (including phenoxy) is 1. The Bertz CT molecular complexity index is 1120. The summed E-state index contributed by atoms with van der Waals surface area (Å²) in [5.74, 6) is 0.0822. The number of carboxylic acids is 1. The van der Waals surface area contributed by atoms with Gasteiger partial charge in [-0.2, -0.15) is 0 Å². The summed E-state index contributed by atoms with van der Waals surface area (Å²) < 4.78 is 6.32. The molecule has 0 bridgehead atoms. The van der Waals surface area contributed by atoms with Crippen molar-refractivity contribution in [1.29, 1.82) is 0 Å². The highest BCUT2D eigenvalue weighted by Crippen LogP contribution is 2.39. The third kappa shape index (κ3) is 3.47. The van der Waals surface area contributed by atoms with Gasteiger partial charge < -0.3 is 9.84 Å². The summed E-state index contributed by atoms with van der Waals surface area (Å²) in [4.78, 5) is 11.2. The highest BCUT2D eigenvalue weighted by atomic mass is 16.5.